The Labute approximate surface area is 121 Å². The second-order valence-electron chi connectivity index (χ2n) is 5.56. The summed E-state index contributed by atoms with van der Waals surface area (Å²) in [5, 5.41) is 3.99. The minimum absolute atomic E-state index is 0.931. The van der Waals surface area contributed by atoms with Crippen LogP contribution in [0.15, 0.2) is 11.2 Å². The van der Waals surface area contributed by atoms with E-state index in [0.717, 1.165) is 37.3 Å². The molecule has 110 valence electrons. The normalized spacial score (nSPS) is 15.8. The summed E-state index contributed by atoms with van der Waals surface area (Å²) >= 11 is 0. The molecule has 0 fully saturated rings. The van der Waals surface area contributed by atoms with Crippen molar-refractivity contribution in [3.8, 4) is 0 Å². The van der Waals surface area contributed by atoms with Gasteiger partial charge >= 0.3 is 0 Å². The minimum Gasteiger partial charge on any atom is -0.399 e. The number of nitrogens with zero attached hydrogens (tertiary/aromatic N) is 3. The Balaban J connectivity index is 2.18. The molecule has 0 spiro atoms. The lowest BCUT2D eigenvalue weighted by Crippen LogP contribution is -2.27. The second-order valence-corrected chi connectivity index (χ2v) is 5.56. The molecule has 0 amide bonds. The van der Waals surface area contributed by atoms with Gasteiger partial charge in [0.05, 0.1) is 17.1 Å². The molecule has 20 heavy (non-hydrogen) atoms. The van der Waals surface area contributed by atoms with Gasteiger partial charge < -0.3 is 9.74 Å². The van der Waals surface area contributed by atoms with Crippen molar-refractivity contribution in [2.45, 2.75) is 46.5 Å². The van der Waals surface area contributed by atoms with Crippen molar-refractivity contribution in [1.82, 2.24) is 4.98 Å². The van der Waals surface area contributed by atoms with Crippen molar-refractivity contribution in [3.63, 3.8) is 0 Å². The average Bonchev–Trinajstić information content (AvgIpc) is 2.60. The second kappa shape index (κ2) is 6.73. The van der Waals surface area contributed by atoms with Gasteiger partial charge in [0.15, 0.2) is 0 Å². The summed E-state index contributed by atoms with van der Waals surface area (Å²) < 4.78 is 0. The van der Waals surface area contributed by atoms with Crippen LogP contribution in [0.2, 0.25) is 0 Å². The van der Waals surface area contributed by atoms with E-state index in [0.29, 0.717) is 0 Å². The smallest absolute Gasteiger partial charge is 0.106 e. The van der Waals surface area contributed by atoms with Crippen LogP contribution >= 0.6 is 0 Å². The van der Waals surface area contributed by atoms with Crippen LogP contribution in [0.4, 0.5) is 5.69 Å². The maximum absolute atomic E-state index is 4.83. The number of oxime groups is 1. The van der Waals surface area contributed by atoms with Gasteiger partial charge in [-0.05, 0) is 51.7 Å². The maximum Gasteiger partial charge on any atom is 0.106 e. The molecule has 1 aliphatic heterocycles. The van der Waals surface area contributed by atoms with Crippen LogP contribution in [0, 0.1) is 13.8 Å². The van der Waals surface area contributed by atoms with Gasteiger partial charge in [0.2, 0.25) is 0 Å². The van der Waals surface area contributed by atoms with Gasteiger partial charge in [0.25, 0.3) is 0 Å². The quantitative estimate of drug-likeness (QED) is 0.625. The number of fused-ring (bicyclic) bond motifs is 1. The Hall–Kier alpha value is -1.58. The Morgan fingerprint density at radius 1 is 1.40 bits per heavy atom. The van der Waals surface area contributed by atoms with E-state index in [1.165, 1.54) is 29.8 Å². The van der Waals surface area contributed by atoms with Gasteiger partial charge in [-0.1, -0.05) is 5.16 Å². The van der Waals surface area contributed by atoms with Gasteiger partial charge in [-0.3, -0.25) is 4.98 Å². The van der Waals surface area contributed by atoms with Gasteiger partial charge in [-0.2, -0.15) is 0 Å². The van der Waals surface area contributed by atoms with Crippen molar-refractivity contribution < 1.29 is 4.84 Å². The molecule has 0 atom stereocenters. The van der Waals surface area contributed by atoms with E-state index in [4.69, 9.17) is 9.82 Å². The van der Waals surface area contributed by atoms with Gasteiger partial charge in [-0.15, -0.1) is 0 Å². The Morgan fingerprint density at radius 3 is 2.95 bits per heavy atom. The van der Waals surface area contributed by atoms with E-state index >= 15 is 0 Å². The van der Waals surface area contributed by atoms with Gasteiger partial charge in [0.1, 0.15) is 7.11 Å². The molecular formula is C16H25N3O. The first-order chi connectivity index (χ1) is 9.61. The molecule has 1 aliphatic rings. The summed E-state index contributed by atoms with van der Waals surface area (Å²) in [6.07, 6.45) is 4.48. The summed E-state index contributed by atoms with van der Waals surface area (Å²) in [6.45, 7) is 8.34. The fraction of sp³-hybridized carbons (Fsp3) is 0.625. The highest BCUT2D eigenvalue weighted by molar-refractivity contribution is 5.81. The fourth-order valence-corrected chi connectivity index (χ4v) is 2.64. The van der Waals surface area contributed by atoms with Gasteiger partial charge in [0, 0.05) is 25.2 Å². The molecule has 0 bridgehead atoms. The summed E-state index contributed by atoms with van der Waals surface area (Å²) in [4.78, 5) is 12.1. The molecule has 1 aromatic heterocycles. The zero-order chi connectivity index (χ0) is 14.5. The van der Waals surface area contributed by atoms with E-state index in [2.05, 4.69) is 30.0 Å². The SMILES string of the molecule is CON=C(C)CCN1CCCCc2nc(C)c(C)cc21. The summed E-state index contributed by atoms with van der Waals surface area (Å²) in [5.74, 6) is 0. The van der Waals surface area contributed by atoms with Crippen molar-refractivity contribution in [3.05, 3.63) is 23.0 Å². The van der Waals surface area contributed by atoms with Crippen LogP contribution < -0.4 is 4.90 Å². The first kappa shape index (κ1) is 14.8. The molecular weight excluding hydrogens is 250 g/mol. The molecule has 0 saturated heterocycles. The van der Waals surface area contributed by atoms with Crippen molar-refractivity contribution in [2.24, 2.45) is 5.16 Å². The van der Waals surface area contributed by atoms with E-state index in [1.54, 1.807) is 7.11 Å². The largest absolute Gasteiger partial charge is 0.399 e. The number of aromatic nitrogens is 1. The van der Waals surface area contributed by atoms with E-state index in [9.17, 15) is 0 Å². The third-order valence-electron chi connectivity index (χ3n) is 3.95. The minimum atomic E-state index is 0.931. The molecule has 4 heteroatoms. The standard InChI is InChI=1S/C16H25N3O/c1-12-11-16-15(17-14(12)3)7-5-6-9-19(16)10-8-13(2)18-20-4/h11H,5-10H2,1-4H3. The van der Waals surface area contributed by atoms with Crippen LogP contribution in [-0.2, 0) is 11.3 Å². The monoisotopic (exact) mass is 275 g/mol. The predicted molar refractivity (Wildman–Crippen MR) is 83.6 cm³/mol. The molecule has 0 unspecified atom stereocenters. The van der Waals surface area contributed by atoms with E-state index in [1.807, 2.05) is 6.92 Å². The lowest BCUT2D eigenvalue weighted by molar-refractivity contribution is 0.212. The van der Waals surface area contributed by atoms with Crippen molar-refractivity contribution in [1.29, 1.82) is 0 Å². The third kappa shape index (κ3) is 3.50. The van der Waals surface area contributed by atoms with Crippen molar-refractivity contribution >= 4 is 11.4 Å². The van der Waals surface area contributed by atoms with Gasteiger partial charge in [-0.25, -0.2) is 0 Å². The zero-order valence-electron chi connectivity index (χ0n) is 13.1. The average molecular weight is 275 g/mol. The lowest BCUT2D eigenvalue weighted by Gasteiger charge is -2.25. The lowest BCUT2D eigenvalue weighted by atomic mass is 10.1. The molecule has 0 radical (unpaired) electrons. The summed E-state index contributed by atoms with van der Waals surface area (Å²) in [5.41, 5.74) is 6.04. The first-order valence-corrected chi connectivity index (χ1v) is 7.40. The predicted octanol–water partition coefficient (Wildman–Crippen LogP) is 3.25. The van der Waals surface area contributed by atoms with Crippen LogP contribution in [0.1, 0.15) is 43.1 Å². The highest BCUT2D eigenvalue weighted by Gasteiger charge is 2.17. The summed E-state index contributed by atoms with van der Waals surface area (Å²) in [7, 11) is 1.60. The molecule has 2 heterocycles. The molecule has 1 aromatic rings. The highest BCUT2D eigenvalue weighted by Crippen LogP contribution is 2.27. The van der Waals surface area contributed by atoms with Crippen LogP contribution in [0.25, 0.3) is 0 Å². The topological polar surface area (TPSA) is 37.7 Å². The number of rotatable bonds is 4. The Morgan fingerprint density at radius 2 is 2.20 bits per heavy atom. The number of pyridine rings is 1. The fourth-order valence-electron chi connectivity index (χ4n) is 2.64. The van der Waals surface area contributed by atoms with Crippen LogP contribution in [0.3, 0.4) is 0 Å². The first-order valence-electron chi connectivity index (χ1n) is 7.40. The van der Waals surface area contributed by atoms with Crippen LogP contribution in [0.5, 0.6) is 0 Å². The Kier molecular flexibility index (Phi) is 4.99. The molecule has 2 rings (SSSR count). The molecule has 0 saturated carbocycles. The maximum atomic E-state index is 4.83. The number of anilines is 1. The zero-order valence-corrected chi connectivity index (χ0v) is 13.1. The van der Waals surface area contributed by atoms with Crippen molar-refractivity contribution in [2.75, 3.05) is 25.1 Å². The molecule has 4 nitrogen and oxygen atoms in total. The Bertz CT molecular complexity index is 497. The molecule has 0 aliphatic carbocycles. The number of aryl methyl sites for hydroxylation is 3. The number of hydrogen-bond donors (Lipinski definition) is 0. The van der Waals surface area contributed by atoms with E-state index in [-0.39, 0.29) is 0 Å². The third-order valence-corrected chi connectivity index (χ3v) is 3.95. The number of hydrogen-bond acceptors (Lipinski definition) is 4. The highest BCUT2D eigenvalue weighted by atomic mass is 16.6. The summed E-state index contributed by atoms with van der Waals surface area (Å²) in [6, 6.07) is 2.30. The van der Waals surface area contributed by atoms with Crippen LogP contribution in [-0.4, -0.2) is 30.9 Å². The van der Waals surface area contributed by atoms with E-state index < -0.39 is 0 Å². The molecule has 0 N–H and O–H groups in total. The molecule has 0 aromatic carbocycles.